The molecule has 0 aliphatic carbocycles. The highest BCUT2D eigenvalue weighted by atomic mass is 16.5. The zero-order valence-electron chi connectivity index (χ0n) is 10.2. The molecule has 0 spiro atoms. The molecule has 0 atom stereocenters. The van der Waals surface area contributed by atoms with E-state index in [4.69, 9.17) is 4.74 Å². The molecule has 0 aliphatic heterocycles. The molecule has 0 heterocycles. The lowest BCUT2D eigenvalue weighted by atomic mass is 10.1. The van der Waals surface area contributed by atoms with Crippen LogP contribution in [-0.2, 0) is 9.59 Å². The lowest BCUT2D eigenvalue weighted by molar-refractivity contribution is -0.305. The first-order chi connectivity index (χ1) is 8.61. The van der Waals surface area contributed by atoms with Gasteiger partial charge in [-0.05, 0) is 37.1 Å². The zero-order chi connectivity index (χ0) is 13.4. The molecular formula is C14H15O4-. The topological polar surface area (TPSA) is 66.4 Å². The van der Waals surface area contributed by atoms with Crippen molar-refractivity contribution >= 4 is 17.8 Å². The van der Waals surface area contributed by atoms with Gasteiger partial charge < -0.3 is 14.6 Å². The minimum atomic E-state index is -1.21. The van der Waals surface area contributed by atoms with Gasteiger partial charge in [-0.15, -0.1) is 0 Å². The molecule has 0 saturated carbocycles. The average molecular weight is 247 g/mol. The van der Waals surface area contributed by atoms with Crippen LogP contribution in [0, 0.1) is 0 Å². The normalized spacial score (nSPS) is 10.5. The molecule has 0 fully saturated rings. The molecule has 4 nitrogen and oxygen atoms in total. The molecule has 0 N–H and O–H groups in total. The van der Waals surface area contributed by atoms with Gasteiger partial charge >= 0.3 is 0 Å². The van der Waals surface area contributed by atoms with Crippen molar-refractivity contribution in [3.05, 3.63) is 35.9 Å². The van der Waals surface area contributed by atoms with Crippen LogP contribution >= 0.6 is 0 Å². The number of carbonyl (C=O) groups excluding carboxylic acids is 2. The Balaban J connectivity index is 2.50. The van der Waals surface area contributed by atoms with Gasteiger partial charge in [0.25, 0.3) is 0 Å². The number of aliphatic carboxylic acids is 1. The van der Waals surface area contributed by atoms with Crippen LogP contribution in [0.4, 0.5) is 0 Å². The van der Waals surface area contributed by atoms with E-state index in [1.54, 1.807) is 6.08 Å². The van der Waals surface area contributed by atoms with Gasteiger partial charge in [0.2, 0.25) is 0 Å². The Morgan fingerprint density at radius 1 is 1.22 bits per heavy atom. The summed E-state index contributed by atoms with van der Waals surface area (Å²) in [6.45, 7) is 2.51. The maximum absolute atomic E-state index is 11.3. The van der Waals surface area contributed by atoms with Crippen molar-refractivity contribution in [1.82, 2.24) is 0 Å². The molecule has 4 heteroatoms. The summed E-state index contributed by atoms with van der Waals surface area (Å²) in [6, 6.07) is 7.28. The number of ether oxygens (including phenoxy) is 1. The lowest BCUT2D eigenvalue weighted by Gasteiger charge is -2.02. The molecular weight excluding hydrogens is 232 g/mol. The van der Waals surface area contributed by atoms with Crippen LogP contribution in [0.15, 0.2) is 30.3 Å². The highest BCUT2D eigenvalue weighted by Gasteiger charge is 1.97. The monoisotopic (exact) mass is 247 g/mol. The molecule has 0 aliphatic rings. The number of carboxylic acids is 1. The molecule has 1 aromatic rings. The molecule has 1 rings (SSSR count). The summed E-state index contributed by atoms with van der Waals surface area (Å²) in [6.07, 6.45) is 2.74. The number of hydrogen-bond donors (Lipinski definition) is 0. The van der Waals surface area contributed by atoms with Gasteiger partial charge in [-0.3, -0.25) is 4.79 Å². The van der Waals surface area contributed by atoms with E-state index >= 15 is 0 Å². The second-order valence-electron chi connectivity index (χ2n) is 3.67. The maximum Gasteiger partial charge on any atom is 0.156 e. The van der Waals surface area contributed by atoms with Crippen LogP contribution in [0.25, 0.3) is 6.08 Å². The Kier molecular flexibility index (Phi) is 5.64. The molecule has 0 bridgehead atoms. The highest BCUT2D eigenvalue weighted by Crippen LogP contribution is 2.13. The van der Waals surface area contributed by atoms with Crippen LogP contribution in [0.5, 0.6) is 5.75 Å². The number of carboxylic acid groups (broad SMARTS) is 1. The maximum atomic E-state index is 11.3. The van der Waals surface area contributed by atoms with E-state index in [1.807, 2.05) is 31.2 Å². The number of hydrogen-bond acceptors (Lipinski definition) is 4. The van der Waals surface area contributed by atoms with Crippen molar-refractivity contribution in [1.29, 1.82) is 0 Å². The van der Waals surface area contributed by atoms with Gasteiger partial charge in [0, 0.05) is 12.4 Å². The van der Waals surface area contributed by atoms with Crippen molar-refractivity contribution in [2.75, 3.05) is 6.61 Å². The SMILES string of the molecule is CCOc1ccc(/C=C/C(=O)CCC(=O)[O-])cc1. The molecule has 0 radical (unpaired) electrons. The van der Waals surface area contributed by atoms with Gasteiger partial charge in [0.05, 0.1) is 6.61 Å². The van der Waals surface area contributed by atoms with E-state index in [9.17, 15) is 14.7 Å². The standard InChI is InChI=1S/C14H16O4/c1-2-18-13-8-4-11(5-9-13)3-6-12(15)7-10-14(16)17/h3-6,8-9H,2,7,10H2,1H3,(H,16,17)/p-1/b6-3+. The van der Waals surface area contributed by atoms with Crippen molar-refractivity contribution in [2.24, 2.45) is 0 Å². The van der Waals surface area contributed by atoms with Gasteiger partial charge in [-0.2, -0.15) is 0 Å². The predicted octanol–water partition coefficient (Wildman–Crippen LogP) is 1.20. The molecule has 0 saturated heterocycles. The fourth-order valence-electron chi connectivity index (χ4n) is 1.34. The Labute approximate surface area is 106 Å². The number of benzene rings is 1. The summed E-state index contributed by atoms with van der Waals surface area (Å²) in [5.74, 6) is -0.663. The number of carbonyl (C=O) groups is 2. The van der Waals surface area contributed by atoms with E-state index in [0.717, 1.165) is 11.3 Å². The molecule has 0 amide bonds. The first-order valence-corrected chi connectivity index (χ1v) is 5.75. The largest absolute Gasteiger partial charge is 0.550 e. The van der Waals surface area contributed by atoms with Gasteiger partial charge in [0.15, 0.2) is 5.78 Å². The highest BCUT2D eigenvalue weighted by molar-refractivity contribution is 5.94. The number of ketones is 1. The Morgan fingerprint density at radius 2 is 1.89 bits per heavy atom. The minimum absolute atomic E-state index is 0.0319. The van der Waals surface area contributed by atoms with Crippen molar-refractivity contribution < 1.29 is 19.4 Å². The third-order valence-electron chi connectivity index (χ3n) is 2.23. The van der Waals surface area contributed by atoms with Crippen molar-refractivity contribution in [3.63, 3.8) is 0 Å². The second-order valence-corrected chi connectivity index (χ2v) is 3.67. The summed E-state index contributed by atoms with van der Waals surface area (Å²) in [5, 5.41) is 10.2. The van der Waals surface area contributed by atoms with E-state index < -0.39 is 5.97 Å². The van der Waals surface area contributed by atoms with Crippen LogP contribution in [0.1, 0.15) is 25.3 Å². The molecule has 18 heavy (non-hydrogen) atoms. The van der Waals surface area contributed by atoms with E-state index in [0.29, 0.717) is 6.61 Å². The average Bonchev–Trinajstić information content (AvgIpc) is 2.36. The summed E-state index contributed by atoms with van der Waals surface area (Å²) in [4.78, 5) is 21.5. The zero-order valence-corrected chi connectivity index (χ0v) is 10.2. The quantitative estimate of drug-likeness (QED) is 0.679. The van der Waals surface area contributed by atoms with Crippen LogP contribution in [0.2, 0.25) is 0 Å². The summed E-state index contributed by atoms with van der Waals surface area (Å²) < 4.78 is 5.29. The summed E-state index contributed by atoms with van der Waals surface area (Å²) in [7, 11) is 0. The van der Waals surface area contributed by atoms with Crippen LogP contribution in [-0.4, -0.2) is 18.4 Å². The molecule has 0 unspecified atom stereocenters. The fourth-order valence-corrected chi connectivity index (χ4v) is 1.34. The predicted molar refractivity (Wildman–Crippen MR) is 65.9 cm³/mol. The van der Waals surface area contributed by atoms with Gasteiger partial charge in [-0.1, -0.05) is 18.2 Å². The summed E-state index contributed by atoms with van der Waals surface area (Å²) in [5.41, 5.74) is 0.861. The van der Waals surface area contributed by atoms with E-state index in [2.05, 4.69) is 0 Å². The van der Waals surface area contributed by atoms with Crippen molar-refractivity contribution in [3.8, 4) is 5.75 Å². The number of rotatable bonds is 7. The molecule has 1 aromatic carbocycles. The van der Waals surface area contributed by atoms with E-state index in [1.165, 1.54) is 6.08 Å². The third-order valence-corrected chi connectivity index (χ3v) is 2.23. The second kappa shape index (κ2) is 7.27. The van der Waals surface area contributed by atoms with E-state index in [-0.39, 0.29) is 18.6 Å². The fraction of sp³-hybridized carbons (Fsp3) is 0.286. The Morgan fingerprint density at radius 3 is 2.44 bits per heavy atom. The Bertz CT molecular complexity index is 432. The Hall–Kier alpha value is -2.10. The van der Waals surface area contributed by atoms with Gasteiger partial charge in [0.1, 0.15) is 5.75 Å². The summed E-state index contributed by atoms with van der Waals surface area (Å²) >= 11 is 0. The smallest absolute Gasteiger partial charge is 0.156 e. The van der Waals surface area contributed by atoms with Crippen LogP contribution < -0.4 is 9.84 Å². The first kappa shape index (κ1) is 14.0. The third kappa shape index (κ3) is 5.30. The van der Waals surface area contributed by atoms with Crippen LogP contribution in [0.3, 0.4) is 0 Å². The number of allylic oxidation sites excluding steroid dienone is 1. The van der Waals surface area contributed by atoms with Crippen molar-refractivity contribution in [2.45, 2.75) is 19.8 Å². The molecule has 0 aromatic heterocycles. The minimum Gasteiger partial charge on any atom is -0.550 e. The van der Waals surface area contributed by atoms with Gasteiger partial charge in [-0.25, -0.2) is 0 Å². The lowest BCUT2D eigenvalue weighted by Crippen LogP contribution is -2.22. The molecule has 96 valence electrons. The first-order valence-electron chi connectivity index (χ1n) is 5.75.